The lowest BCUT2D eigenvalue weighted by Crippen LogP contribution is -2.32. The van der Waals surface area contributed by atoms with E-state index in [0.29, 0.717) is 26.2 Å². The van der Waals surface area contributed by atoms with Gasteiger partial charge in [-0.25, -0.2) is 13.2 Å². The van der Waals surface area contributed by atoms with Crippen LogP contribution in [0.25, 0.3) is 0 Å². The molecule has 2 aliphatic rings. The first-order valence-corrected chi connectivity index (χ1v) is 11.0. The van der Waals surface area contributed by atoms with Crippen molar-refractivity contribution in [1.82, 2.24) is 9.21 Å². The summed E-state index contributed by atoms with van der Waals surface area (Å²) in [4.78, 5) is 26.0. The molecule has 0 aromatic heterocycles. The molecular weight excluding hydrogens is 368 g/mol. The minimum Gasteiger partial charge on any atom is -0.452 e. The summed E-state index contributed by atoms with van der Waals surface area (Å²) >= 11 is 0. The Hall–Kier alpha value is -1.93. The fraction of sp³-hybridized carbons (Fsp3) is 0.579. The lowest BCUT2D eigenvalue weighted by Gasteiger charge is -2.20. The zero-order chi connectivity index (χ0) is 19.3. The van der Waals surface area contributed by atoms with Gasteiger partial charge in [0.25, 0.3) is 5.91 Å². The molecule has 0 radical (unpaired) electrons. The number of likely N-dealkylation sites (tertiary alicyclic amines) is 1. The molecule has 1 aromatic carbocycles. The molecule has 2 fully saturated rings. The summed E-state index contributed by atoms with van der Waals surface area (Å²) < 4.78 is 32.3. The van der Waals surface area contributed by atoms with Crippen LogP contribution in [0.3, 0.4) is 0 Å². The van der Waals surface area contributed by atoms with Crippen molar-refractivity contribution in [2.45, 2.75) is 43.4 Å². The molecule has 8 heteroatoms. The molecule has 27 heavy (non-hydrogen) atoms. The van der Waals surface area contributed by atoms with E-state index in [1.807, 2.05) is 0 Å². The van der Waals surface area contributed by atoms with Crippen molar-refractivity contribution in [1.29, 1.82) is 0 Å². The number of esters is 1. The van der Waals surface area contributed by atoms with Crippen LogP contribution >= 0.6 is 0 Å². The molecule has 0 atom stereocenters. The zero-order valence-corrected chi connectivity index (χ0v) is 16.2. The van der Waals surface area contributed by atoms with Gasteiger partial charge in [0.05, 0.1) is 10.5 Å². The van der Waals surface area contributed by atoms with Crippen molar-refractivity contribution in [2.75, 3.05) is 32.8 Å². The molecule has 0 unspecified atom stereocenters. The van der Waals surface area contributed by atoms with Gasteiger partial charge in [0.1, 0.15) is 0 Å². The molecule has 7 nitrogen and oxygen atoms in total. The summed E-state index contributed by atoms with van der Waals surface area (Å²) in [6, 6.07) is 5.86. The van der Waals surface area contributed by atoms with Gasteiger partial charge in [0.2, 0.25) is 10.0 Å². The van der Waals surface area contributed by atoms with E-state index in [1.54, 1.807) is 4.90 Å². The highest BCUT2D eigenvalue weighted by Crippen LogP contribution is 2.21. The molecule has 0 bridgehead atoms. The SMILES string of the molecule is O=C(OCC(=O)N1CCCC1)c1cccc(S(=O)(=O)N2CCCCCC2)c1. The second kappa shape index (κ2) is 8.84. The highest BCUT2D eigenvalue weighted by molar-refractivity contribution is 7.89. The van der Waals surface area contributed by atoms with E-state index in [0.717, 1.165) is 38.5 Å². The average molecular weight is 394 g/mol. The lowest BCUT2D eigenvalue weighted by molar-refractivity contribution is -0.133. The first-order chi connectivity index (χ1) is 13.0. The number of hydrogen-bond acceptors (Lipinski definition) is 5. The maximum atomic E-state index is 12.9. The van der Waals surface area contributed by atoms with Crippen molar-refractivity contribution in [3.63, 3.8) is 0 Å². The number of carbonyl (C=O) groups is 2. The monoisotopic (exact) mass is 394 g/mol. The van der Waals surface area contributed by atoms with Crippen molar-refractivity contribution in [3.05, 3.63) is 29.8 Å². The van der Waals surface area contributed by atoms with E-state index < -0.39 is 16.0 Å². The fourth-order valence-corrected chi connectivity index (χ4v) is 5.05. The molecule has 0 aliphatic carbocycles. The standard InChI is InChI=1S/C19H26N2O5S/c22-18(20-10-5-6-11-20)15-26-19(23)16-8-7-9-17(14-16)27(24,25)21-12-3-1-2-4-13-21/h7-9,14H,1-6,10-13,15H2. The Labute approximate surface area is 160 Å². The average Bonchev–Trinajstić information content (AvgIpc) is 3.07. The molecule has 3 rings (SSSR count). The second-order valence-corrected chi connectivity index (χ2v) is 8.95. The van der Waals surface area contributed by atoms with E-state index in [9.17, 15) is 18.0 Å². The fourth-order valence-electron chi connectivity index (χ4n) is 3.48. The number of amides is 1. The van der Waals surface area contributed by atoms with Gasteiger partial charge >= 0.3 is 5.97 Å². The summed E-state index contributed by atoms with van der Waals surface area (Å²) in [6.45, 7) is 2.07. The van der Waals surface area contributed by atoms with Gasteiger partial charge in [-0.15, -0.1) is 0 Å². The molecular formula is C19H26N2O5S. The van der Waals surface area contributed by atoms with Crippen LogP contribution < -0.4 is 0 Å². The van der Waals surface area contributed by atoms with Crippen LogP contribution in [0.2, 0.25) is 0 Å². The van der Waals surface area contributed by atoms with Gasteiger partial charge in [-0.3, -0.25) is 4.79 Å². The first-order valence-electron chi connectivity index (χ1n) is 9.53. The van der Waals surface area contributed by atoms with E-state index >= 15 is 0 Å². The highest BCUT2D eigenvalue weighted by Gasteiger charge is 2.26. The van der Waals surface area contributed by atoms with Gasteiger partial charge in [-0.1, -0.05) is 18.9 Å². The molecule has 2 saturated heterocycles. The maximum Gasteiger partial charge on any atom is 0.338 e. The van der Waals surface area contributed by atoms with Gasteiger partial charge < -0.3 is 9.64 Å². The maximum absolute atomic E-state index is 12.9. The molecule has 1 aromatic rings. The van der Waals surface area contributed by atoms with Crippen molar-refractivity contribution >= 4 is 21.9 Å². The Morgan fingerprint density at radius 1 is 0.926 bits per heavy atom. The number of carbonyl (C=O) groups excluding carboxylic acids is 2. The third-order valence-electron chi connectivity index (χ3n) is 5.06. The first kappa shape index (κ1) is 19.8. The Bertz CT molecular complexity index is 779. The lowest BCUT2D eigenvalue weighted by atomic mass is 10.2. The largest absolute Gasteiger partial charge is 0.452 e. The summed E-state index contributed by atoms with van der Waals surface area (Å²) in [5.74, 6) is -0.898. The Balaban J connectivity index is 1.66. The van der Waals surface area contributed by atoms with E-state index in [1.165, 1.54) is 28.6 Å². The van der Waals surface area contributed by atoms with Crippen molar-refractivity contribution in [3.8, 4) is 0 Å². The molecule has 2 heterocycles. The second-order valence-electron chi connectivity index (χ2n) is 7.01. The molecule has 0 N–H and O–H groups in total. The molecule has 1 amide bonds. The third-order valence-corrected chi connectivity index (χ3v) is 6.95. The van der Waals surface area contributed by atoms with E-state index in [-0.39, 0.29) is 23.0 Å². The summed E-state index contributed by atoms with van der Waals surface area (Å²) in [7, 11) is -3.64. The van der Waals surface area contributed by atoms with E-state index in [2.05, 4.69) is 0 Å². The Morgan fingerprint density at radius 3 is 2.22 bits per heavy atom. The normalized spacial score (nSPS) is 18.9. The van der Waals surface area contributed by atoms with Crippen molar-refractivity contribution < 1.29 is 22.7 Å². The van der Waals surface area contributed by atoms with Crippen LogP contribution in [-0.2, 0) is 19.6 Å². The third kappa shape index (κ3) is 4.87. The number of benzene rings is 1. The zero-order valence-electron chi connectivity index (χ0n) is 15.4. The minimum absolute atomic E-state index is 0.0877. The van der Waals surface area contributed by atoms with Crippen LogP contribution in [0.1, 0.15) is 48.9 Å². The number of rotatable bonds is 5. The van der Waals surface area contributed by atoms with Crippen LogP contribution in [-0.4, -0.2) is 62.3 Å². The molecule has 0 spiro atoms. The highest BCUT2D eigenvalue weighted by atomic mass is 32.2. The number of ether oxygens (including phenoxy) is 1. The number of hydrogen-bond donors (Lipinski definition) is 0. The predicted octanol–water partition coefficient (Wildman–Crippen LogP) is 2.03. The van der Waals surface area contributed by atoms with Gasteiger partial charge in [0.15, 0.2) is 6.61 Å². The molecule has 0 saturated carbocycles. The van der Waals surface area contributed by atoms with Crippen LogP contribution in [0, 0.1) is 0 Å². The van der Waals surface area contributed by atoms with Crippen LogP contribution in [0.15, 0.2) is 29.2 Å². The quantitative estimate of drug-likeness (QED) is 0.714. The van der Waals surface area contributed by atoms with Gasteiger partial charge in [0, 0.05) is 26.2 Å². The Kier molecular flexibility index (Phi) is 6.49. The Morgan fingerprint density at radius 2 is 1.56 bits per heavy atom. The molecule has 2 aliphatic heterocycles. The van der Waals surface area contributed by atoms with Gasteiger partial charge in [-0.2, -0.15) is 4.31 Å². The minimum atomic E-state index is -3.64. The van der Waals surface area contributed by atoms with Crippen LogP contribution in [0.5, 0.6) is 0 Å². The smallest absolute Gasteiger partial charge is 0.338 e. The van der Waals surface area contributed by atoms with E-state index in [4.69, 9.17) is 4.74 Å². The topological polar surface area (TPSA) is 84.0 Å². The number of sulfonamides is 1. The number of nitrogens with zero attached hydrogens (tertiary/aromatic N) is 2. The predicted molar refractivity (Wildman–Crippen MR) is 99.8 cm³/mol. The molecule has 148 valence electrons. The van der Waals surface area contributed by atoms with Gasteiger partial charge in [-0.05, 0) is 43.9 Å². The van der Waals surface area contributed by atoms with Crippen LogP contribution in [0.4, 0.5) is 0 Å². The summed E-state index contributed by atoms with van der Waals surface area (Å²) in [5.41, 5.74) is 0.139. The van der Waals surface area contributed by atoms with Crippen molar-refractivity contribution in [2.24, 2.45) is 0 Å². The summed E-state index contributed by atoms with van der Waals surface area (Å²) in [6.07, 6.45) is 5.69. The summed E-state index contributed by atoms with van der Waals surface area (Å²) in [5, 5.41) is 0.